The van der Waals surface area contributed by atoms with Gasteiger partial charge in [-0.2, -0.15) is 0 Å². The predicted molar refractivity (Wildman–Crippen MR) is 136 cm³/mol. The fraction of sp³-hybridized carbons (Fsp3) is 0.222. The molecule has 1 atom stereocenters. The molecule has 7 N–H and O–H groups in total. The monoisotopic (exact) mass is 473 g/mol. The van der Waals surface area contributed by atoms with Crippen LogP contribution in [0.1, 0.15) is 35.4 Å². The van der Waals surface area contributed by atoms with E-state index in [1.54, 1.807) is 24.3 Å². The standard InChI is InChI=1S/C27H31N5O3/c28-27(29)30-17-7-12-23(31-18-19-13-15-22(33)16-14-19)25(34)32-26(35)24(20-8-3-1-4-9-20)21-10-5-2-6-11-21/h1-6,8-11,13-16,23-24,31,33H,7,12,17-18H2,(H4,28,29,30)(H,32,34,35)/t23-/m1/s1. The number of hydrogen-bond donors (Lipinski definition) is 6. The van der Waals surface area contributed by atoms with Crippen LogP contribution in [0, 0.1) is 5.41 Å². The van der Waals surface area contributed by atoms with Crippen molar-refractivity contribution in [3.8, 4) is 5.75 Å². The molecule has 0 bridgehead atoms. The SMILES string of the molecule is N=C(N)NCCC[C@@H](NCc1ccc(O)cc1)C(=O)NC(=O)C(c1ccccc1)c1ccccc1. The van der Waals surface area contributed by atoms with Gasteiger partial charge < -0.3 is 21.5 Å². The third kappa shape index (κ3) is 7.97. The van der Waals surface area contributed by atoms with E-state index in [4.69, 9.17) is 11.1 Å². The molecule has 3 aromatic carbocycles. The minimum atomic E-state index is -0.645. The van der Waals surface area contributed by atoms with Crippen LogP contribution in [0.15, 0.2) is 84.9 Å². The van der Waals surface area contributed by atoms with Gasteiger partial charge in [-0.1, -0.05) is 72.8 Å². The number of phenolic OH excluding ortho intramolecular Hbond substituents is 1. The first kappa shape index (κ1) is 25.5. The average molecular weight is 474 g/mol. The van der Waals surface area contributed by atoms with Crippen molar-refractivity contribution >= 4 is 17.8 Å². The van der Waals surface area contributed by atoms with Gasteiger partial charge in [0.1, 0.15) is 5.75 Å². The summed E-state index contributed by atoms with van der Waals surface area (Å²) in [7, 11) is 0. The van der Waals surface area contributed by atoms with Gasteiger partial charge in [-0.05, 0) is 41.7 Å². The van der Waals surface area contributed by atoms with Crippen molar-refractivity contribution in [1.82, 2.24) is 16.0 Å². The van der Waals surface area contributed by atoms with Crippen molar-refractivity contribution in [2.45, 2.75) is 31.3 Å². The normalized spacial score (nSPS) is 11.6. The minimum absolute atomic E-state index is 0.133. The van der Waals surface area contributed by atoms with Crippen molar-refractivity contribution in [1.29, 1.82) is 5.41 Å². The van der Waals surface area contributed by atoms with Crippen LogP contribution in [0.25, 0.3) is 0 Å². The summed E-state index contributed by atoms with van der Waals surface area (Å²) < 4.78 is 0. The number of phenols is 1. The number of imide groups is 1. The summed E-state index contributed by atoms with van der Waals surface area (Å²) in [6.45, 7) is 0.818. The highest BCUT2D eigenvalue weighted by atomic mass is 16.3. The van der Waals surface area contributed by atoms with Gasteiger partial charge in [0.2, 0.25) is 11.8 Å². The van der Waals surface area contributed by atoms with Crippen LogP contribution in [0.4, 0.5) is 0 Å². The third-order valence-corrected chi connectivity index (χ3v) is 5.56. The fourth-order valence-electron chi connectivity index (χ4n) is 3.78. The molecule has 0 spiro atoms. The molecule has 0 radical (unpaired) electrons. The number of benzene rings is 3. The molecule has 35 heavy (non-hydrogen) atoms. The predicted octanol–water partition coefficient (Wildman–Crippen LogP) is 2.59. The Bertz CT molecular complexity index is 1070. The highest BCUT2D eigenvalue weighted by Crippen LogP contribution is 2.24. The third-order valence-electron chi connectivity index (χ3n) is 5.56. The quantitative estimate of drug-likeness (QED) is 0.144. The number of aromatic hydroxyl groups is 1. The van der Waals surface area contributed by atoms with Crippen LogP contribution in [0.3, 0.4) is 0 Å². The van der Waals surface area contributed by atoms with Crippen molar-refractivity contribution in [3.05, 3.63) is 102 Å². The van der Waals surface area contributed by atoms with Gasteiger partial charge in [0, 0.05) is 13.1 Å². The maximum absolute atomic E-state index is 13.3. The molecule has 3 aromatic rings. The maximum atomic E-state index is 13.3. The summed E-state index contributed by atoms with van der Waals surface area (Å²) in [5.74, 6) is -1.42. The number of rotatable bonds is 11. The van der Waals surface area contributed by atoms with Gasteiger partial charge in [-0.15, -0.1) is 0 Å². The second-order valence-corrected chi connectivity index (χ2v) is 8.19. The second-order valence-electron chi connectivity index (χ2n) is 8.19. The van der Waals surface area contributed by atoms with Gasteiger partial charge >= 0.3 is 0 Å². The molecule has 0 aliphatic rings. The zero-order chi connectivity index (χ0) is 25.0. The first-order valence-electron chi connectivity index (χ1n) is 11.5. The van der Waals surface area contributed by atoms with Crippen LogP contribution in [0.5, 0.6) is 5.75 Å². The van der Waals surface area contributed by atoms with Crippen molar-refractivity contribution < 1.29 is 14.7 Å². The molecule has 0 aliphatic heterocycles. The first-order chi connectivity index (χ1) is 16.9. The van der Waals surface area contributed by atoms with E-state index in [2.05, 4.69) is 16.0 Å². The number of carbonyl (C=O) groups is 2. The van der Waals surface area contributed by atoms with Gasteiger partial charge in [0.05, 0.1) is 12.0 Å². The summed E-state index contributed by atoms with van der Waals surface area (Å²) in [6, 6.07) is 24.8. The summed E-state index contributed by atoms with van der Waals surface area (Å²) in [6.07, 6.45) is 0.994. The van der Waals surface area contributed by atoms with Crippen LogP contribution < -0.4 is 21.7 Å². The molecular formula is C27H31N5O3. The smallest absolute Gasteiger partial charge is 0.243 e. The number of nitrogens with two attached hydrogens (primary N) is 1. The van der Waals surface area contributed by atoms with Crippen LogP contribution in [-0.4, -0.2) is 35.5 Å². The molecule has 8 heteroatoms. The van der Waals surface area contributed by atoms with E-state index in [0.717, 1.165) is 16.7 Å². The molecule has 2 amide bonds. The lowest BCUT2D eigenvalue weighted by Gasteiger charge is -2.21. The second kappa shape index (κ2) is 12.9. The van der Waals surface area contributed by atoms with E-state index in [1.807, 2.05) is 60.7 Å². The zero-order valence-corrected chi connectivity index (χ0v) is 19.4. The fourth-order valence-corrected chi connectivity index (χ4v) is 3.78. The number of carbonyl (C=O) groups excluding carboxylic acids is 2. The number of nitrogens with one attached hydrogen (secondary N) is 4. The van der Waals surface area contributed by atoms with E-state index in [-0.39, 0.29) is 11.7 Å². The lowest BCUT2D eigenvalue weighted by molar-refractivity contribution is -0.132. The van der Waals surface area contributed by atoms with E-state index in [1.165, 1.54) is 0 Å². The highest BCUT2D eigenvalue weighted by Gasteiger charge is 2.27. The zero-order valence-electron chi connectivity index (χ0n) is 19.4. The molecule has 0 aromatic heterocycles. The average Bonchev–Trinajstić information content (AvgIpc) is 2.86. The molecule has 0 saturated heterocycles. The van der Waals surface area contributed by atoms with Gasteiger partial charge in [-0.3, -0.25) is 20.3 Å². The molecule has 0 saturated carbocycles. The van der Waals surface area contributed by atoms with Gasteiger partial charge in [-0.25, -0.2) is 0 Å². The van der Waals surface area contributed by atoms with Crippen LogP contribution in [-0.2, 0) is 16.1 Å². The Kier molecular flexibility index (Phi) is 9.39. The minimum Gasteiger partial charge on any atom is -0.508 e. The largest absolute Gasteiger partial charge is 0.508 e. The summed E-state index contributed by atoms with van der Waals surface area (Å²) >= 11 is 0. The lowest BCUT2D eigenvalue weighted by Crippen LogP contribution is -2.47. The number of hydrogen-bond acceptors (Lipinski definition) is 5. The highest BCUT2D eigenvalue weighted by molar-refractivity contribution is 6.01. The Morgan fingerprint density at radius 1 is 0.857 bits per heavy atom. The number of guanidine groups is 1. The van der Waals surface area contributed by atoms with E-state index >= 15 is 0 Å². The van der Waals surface area contributed by atoms with Crippen molar-refractivity contribution in [3.63, 3.8) is 0 Å². The molecule has 0 aliphatic carbocycles. The Hall–Kier alpha value is -4.17. The molecule has 3 rings (SSSR count). The molecule has 0 fully saturated rings. The Morgan fingerprint density at radius 3 is 1.97 bits per heavy atom. The first-order valence-corrected chi connectivity index (χ1v) is 11.5. The van der Waals surface area contributed by atoms with Crippen LogP contribution in [0.2, 0.25) is 0 Å². The summed E-state index contributed by atoms with van der Waals surface area (Å²) in [5.41, 5.74) is 7.82. The Labute approximate surface area is 205 Å². The van der Waals surface area contributed by atoms with E-state index < -0.39 is 23.8 Å². The van der Waals surface area contributed by atoms with Crippen LogP contribution >= 0.6 is 0 Å². The van der Waals surface area contributed by atoms with E-state index in [0.29, 0.717) is 25.9 Å². The Morgan fingerprint density at radius 2 is 1.43 bits per heavy atom. The molecule has 182 valence electrons. The molecule has 0 heterocycles. The van der Waals surface area contributed by atoms with E-state index in [9.17, 15) is 14.7 Å². The topological polar surface area (TPSA) is 140 Å². The summed E-state index contributed by atoms with van der Waals surface area (Å²) in [4.78, 5) is 26.5. The van der Waals surface area contributed by atoms with Crippen molar-refractivity contribution in [2.75, 3.05) is 6.54 Å². The molecule has 0 unspecified atom stereocenters. The lowest BCUT2D eigenvalue weighted by atomic mass is 9.90. The maximum Gasteiger partial charge on any atom is 0.243 e. The van der Waals surface area contributed by atoms with Gasteiger partial charge in [0.25, 0.3) is 0 Å². The van der Waals surface area contributed by atoms with Gasteiger partial charge in [0.15, 0.2) is 5.96 Å². The Balaban J connectivity index is 1.73. The molecular weight excluding hydrogens is 442 g/mol. The van der Waals surface area contributed by atoms with Crippen molar-refractivity contribution in [2.24, 2.45) is 5.73 Å². The molecule has 8 nitrogen and oxygen atoms in total. The number of amides is 2. The summed E-state index contributed by atoms with van der Waals surface area (Å²) in [5, 5.41) is 25.3.